The van der Waals surface area contributed by atoms with Gasteiger partial charge in [0.1, 0.15) is 0 Å². The van der Waals surface area contributed by atoms with Crippen molar-refractivity contribution in [3.05, 3.63) is 11.8 Å². The van der Waals surface area contributed by atoms with Crippen LogP contribution < -0.4 is 5.32 Å². The highest BCUT2D eigenvalue weighted by atomic mass is 16.5. The van der Waals surface area contributed by atoms with Gasteiger partial charge in [-0.1, -0.05) is 0 Å². The smallest absolute Gasteiger partial charge is 0.230 e. The molecule has 0 saturated heterocycles. The summed E-state index contributed by atoms with van der Waals surface area (Å²) in [5, 5.41) is 11.1. The Morgan fingerprint density at radius 3 is 2.81 bits per heavy atom. The van der Waals surface area contributed by atoms with E-state index in [1.807, 2.05) is 0 Å². The summed E-state index contributed by atoms with van der Waals surface area (Å²) in [7, 11) is 1.75. The standard InChI is InChI=1S/C11H19N3O2/c1-9-13-14-10(16-9)7-12-8-11(3-4-11)5-6-15-2/h12H,3-8H2,1-2H3. The number of methoxy groups -OCH3 is 1. The van der Waals surface area contributed by atoms with Gasteiger partial charge in [0.2, 0.25) is 11.8 Å². The third-order valence-corrected chi connectivity index (χ3v) is 3.14. The van der Waals surface area contributed by atoms with Gasteiger partial charge < -0.3 is 14.5 Å². The number of hydrogen-bond acceptors (Lipinski definition) is 5. The van der Waals surface area contributed by atoms with Crippen LogP contribution in [0.2, 0.25) is 0 Å². The molecular formula is C11H19N3O2. The predicted octanol–water partition coefficient (Wildman–Crippen LogP) is 1.28. The lowest BCUT2D eigenvalue weighted by molar-refractivity contribution is 0.171. The molecule has 90 valence electrons. The molecule has 1 heterocycles. The summed E-state index contributed by atoms with van der Waals surface area (Å²) in [4.78, 5) is 0. The zero-order chi connectivity index (χ0) is 11.4. The number of ether oxygens (including phenoxy) is 1. The van der Waals surface area contributed by atoms with Crippen LogP contribution in [-0.4, -0.2) is 30.5 Å². The second-order valence-electron chi connectivity index (χ2n) is 4.56. The molecule has 0 atom stereocenters. The topological polar surface area (TPSA) is 60.2 Å². The Morgan fingerprint density at radius 2 is 2.25 bits per heavy atom. The van der Waals surface area contributed by atoms with Crippen molar-refractivity contribution in [1.29, 1.82) is 0 Å². The molecule has 0 spiro atoms. The van der Waals surface area contributed by atoms with E-state index in [2.05, 4.69) is 15.5 Å². The Balaban J connectivity index is 1.68. The number of hydrogen-bond donors (Lipinski definition) is 1. The van der Waals surface area contributed by atoms with Crippen molar-refractivity contribution in [2.45, 2.75) is 32.7 Å². The summed E-state index contributed by atoms with van der Waals surface area (Å²) < 4.78 is 10.4. The Labute approximate surface area is 95.6 Å². The van der Waals surface area contributed by atoms with Crippen LogP contribution in [0.15, 0.2) is 4.42 Å². The molecule has 2 rings (SSSR count). The first-order chi connectivity index (χ1) is 7.74. The SMILES string of the molecule is COCCC1(CNCc2nnc(C)o2)CC1. The number of aryl methyl sites for hydroxylation is 1. The average molecular weight is 225 g/mol. The molecule has 1 aliphatic carbocycles. The predicted molar refractivity (Wildman–Crippen MR) is 58.9 cm³/mol. The van der Waals surface area contributed by atoms with Gasteiger partial charge >= 0.3 is 0 Å². The highest BCUT2D eigenvalue weighted by molar-refractivity contribution is 4.95. The second kappa shape index (κ2) is 4.93. The van der Waals surface area contributed by atoms with E-state index in [-0.39, 0.29) is 0 Å². The maximum absolute atomic E-state index is 5.29. The lowest BCUT2D eigenvalue weighted by atomic mass is 10.0. The number of nitrogens with zero attached hydrogens (tertiary/aromatic N) is 2. The highest BCUT2D eigenvalue weighted by Crippen LogP contribution is 2.48. The molecule has 1 saturated carbocycles. The minimum absolute atomic E-state index is 0.463. The van der Waals surface area contributed by atoms with Crippen molar-refractivity contribution in [3.8, 4) is 0 Å². The van der Waals surface area contributed by atoms with Crippen molar-refractivity contribution < 1.29 is 9.15 Å². The quantitative estimate of drug-likeness (QED) is 0.757. The largest absolute Gasteiger partial charge is 0.424 e. The van der Waals surface area contributed by atoms with Gasteiger partial charge in [0.15, 0.2) is 0 Å². The summed E-state index contributed by atoms with van der Waals surface area (Å²) in [6.45, 7) is 4.33. The molecule has 0 aliphatic heterocycles. The molecule has 1 N–H and O–H groups in total. The van der Waals surface area contributed by atoms with Crippen molar-refractivity contribution in [2.24, 2.45) is 5.41 Å². The molecule has 16 heavy (non-hydrogen) atoms. The van der Waals surface area contributed by atoms with Gasteiger partial charge in [0.05, 0.1) is 6.54 Å². The first kappa shape index (κ1) is 11.5. The monoisotopic (exact) mass is 225 g/mol. The summed E-state index contributed by atoms with van der Waals surface area (Å²) in [6, 6.07) is 0. The van der Waals surface area contributed by atoms with Crippen LogP contribution in [0.1, 0.15) is 31.0 Å². The third kappa shape index (κ3) is 3.02. The van der Waals surface area contributed by atoms with Crippen LogP contribution in [0.25, 0.3) is 0 Å². The van der Waals surface area contributed by atoms with Crippen LogP contribution in [0.5, 0.6) is 0 Å². The highest BCUT2D eigenvalue weighted by Gasteiger charge is 2.41. The summed E-state index contributed by atoms with van der Waals surface area (Å²) in [6.07, 6.45) is 3.73. The van der Waals surface area contributed by atoms with Crippen molar-refractivity contribution >= 4 is 0 Å². The van der Waals surface area contributed by atoms with Crippen LogP contribution >= 0.6 is 0 Å². The molecule has 0 bridgehead atoms. The van der Waals surface area contributed by atoms with E-state index in [4.69, 9.17) is 9.15 Å². The second-order valence-corrected chi connectivity index (χ2v) is 4.56. The Morgan fingerprint density at radius 1 is 1.44 bits per heavy atom. The summed E-state index contributed by atoms with van der Waals surface area (Å²) >= 11 is 0. The molecule has 1 aromatic rings. The van der Waals surface area contributed by atoms with Crippen LogP contribution in [0, 0.1) is 12.3 Å². The van der Waals surface area contributed by atoms with Crippen LogP contribution in [0.3, 0.4) is 0 Å². The van der Waals surface area contributed by atoms with Gasteiger partial charge in [0.25, 0.3) is 0 Å². The van der Waals surface area contributed by atoms with Gasteiger partial charge in [-0.15, -0.1) is 10.2 Å². The summed E-state index contributed by atoms with van der Waals surface area (Å²) in [5.74, 6) is 1.29. The van der Waals surface area contributed by atoms with Crippen molar-refractivity contribution in [2.75, 3.05) is 20.3 Å². The maximum Gasteiger partial charge on any atom is 0.230 e. The van der Waals surface area contributed by atoms with Gasteiger partial charge in [-0.25, -0.2) is 0 Å². The lowest BCUT2D eigenvalue weighted by Crippen LogP contribution is -2.24. The molecule has 5 heteroatoms. The first-order valence-electron chi connectivity index (χ1n) is 5.73. The molecular weight excluding hydrogens is 206 g/mol. The normalized spacial score (nSPS) is 17.6. The fraction of sp³-hybridized carbons (Fsp3) is 0.818. The van der Waals surface area contributed by atoms with Gasteiger partial charge in [-0.2, -0.15) is 0 Å². The van der Waals surface area contributed by atoms with Crippen molar-refractivity contribution in [1.82, 2.24) is 15.5 Å². The van der Waals surface area contributed by atoms with E-state index in [1.54, 1.807) is 14.0 Å². The molecule has 0 aromatic carbocycles. The first-order valence-corrected chi connectivity index (χ1v) is 5.73. The number of nitrogens with one attached hydrogen (secondary N) is 1. The van der Waals surface area contributed by atoms with E-state index in [1.165, 1.54) is 12.8 Å². The Hall–Kier alpha value is -0.940. The van der Waals surface area contributed by atoms with E-state index in [0.717, 1.165) is 19.6 Å². The minimum atomic E-state index is 0.463. The fourth-order valence-corrected chi connectivity index (χ4v) is 1.85. The number of rotatable bonds is 7. The molecule has 1 fully saturated rings. The van der Waals surface area contributed by atoms with Gasteiger partial charge in [-0.05, 0) is 24.7 Å². The zero-order valence-corrected chi connectivity index (χ0v) is 9.95. The fourth-order valence-electron chi connectivity index (χ4n) is 1.85. The molecule has 5 nitrogen and oxygen atoms in total. The van der Waals surface area contributed by atoms with E-state index >= 15 is 0 Å². The van der Waals surface area contributed by atoms with E-state index in [0.29, 0.717) is 23.7 Å². The maximum atomic E-state index is 5.29. The lowest BCUT2D eigenvalue weighted by Gasteiger charge is -2.14. The summed E-state index contributed by atoms with van der Waals surface area (Å²) in [5.41, 5.74) is 0.463. The minimum Gasteiger partial charge on any atom is -0.424 e. The van der Waals surface area contributed by atoms with Crippen LogP contribution in [0.4, 0.5) is 0 Å². The van der Waals surface area contributed by atoms with Crippen molar-refractivity contribution in [3.63, 3.8) is 0 Å². The van der Waals surface area contributed by atoms with E-state index in [9.17, 15) is 0 Å². The Kier molecular flexibility index (Phi) is 3.56. The molecule has 0 amide bonds. The Bertz CT molecular complexity index is 334. The molecule has 1 aromatic heterocycles. The average Bonchev–Trinajstić information content (AvgIpc) is 2.92. The molecule has 0 radical (unpaired) electrons. The molecule has 0 unspecified atom stereocenters. The zero-order valence-electron chi connectivity index (χ0n) is 9.95. The van der Waals surface area contributed by atoms with Gasteiger partial charge in [-0.3, -0.25) is 0 Å². The van der Waals surface area contributed by atoms with E-state index < -0.39 is 0 Å². The third-order valence-electron chi connectivity index (χ3n) is 3.14. The van der Waals surface area contributed by atoms with Gasteiger partial charge in [0, 0.05) is 27.2 Å². The van der Waals surface area contributed by atoms with Crippen LogP contribution in [-0.2, 0) is 11.3 Å². The number of aromatic nitrogens is 2. The molecule has 1 aliphatic rings.